The van der Waals surface area contributed by atoms with E-state index in [1.165, 1.54) is 6.08 Å². The molecule has 0 saturated heterocycles. The molecule has 0 rings (SSSR count). The molecule has 0 spiro atoms. The Hall–Kier alpha value is -1.03. The Balaban J connectivity index is 3.87. The Morgan fingerprint density at radius 3 is 2.50 bits per heavy atom. The maximum atomic E-state index is 11.1. The monoisotopic (exact) mass is 219 g/mol. The highest BCUT2D eigenvalue weighted by molar-refractivity contribution is 6.17. The van der Waals surface area contributed by atoms with Gasteiger partial charge in [0.15, 0.2) is 0 Å². The summed E-state index contributed by atoms with van der Waals surface area (Å²) in [5.74, 6) is -0.897. The fourth-order valence-corrected chi connectivity index (χ4v) is 1.03. The second-order valence-electron chi connectivity index (χ2n) is 2.70. The van der Waals surface area contributed by atoms with Crippen LogP contribution in [0.25, 0.3) is 0 Å². The summed E-state index contributed by atoms with van der Waals surface area (Å²) in [5.41, 5.74) is -0.0825. The van der Waals surface area contributed by atoms with E-state index in [9.17, 15) is 9.59 Å². The lowest BCUT2D eigenvalue weighted by Gasteiger charge is -2.04. The van der Waals surface area contributed by atoms with Gasteiger partial charge in [0.25, 0.3) is 0 Å². The summed E-state index contributed by atoms with van der Waals surface area (Å²) in [7, 11) is 0. The predicted octanol–water partition coefficient (Wildman–Crippen LogP) is 1.50. The van der Waals surface area contributed by atoms with Crippen LogP contribution in [0.2, 0.25) is 0 Å². The van der Waals surface area contributed by atoms with E-state index in [1.54, 1.807) is 6.92 Å². The number of amides is 1. The van der Waals surface area contributed by atoms with Crippen LogP contribution in [0.15, 0.2) is 11.8 Å². The Bertz CT molecular complexity index is 238. The first-order chi connectivity index (χ1) is 6.61. The van der Waals surface area contributed by atoms with Crippen molar-refractivity contribution in [2.24, 2.45) is 0 Å². The first-order valence-electron chi connectivity index (χ1n) is 4.37. The van der Waals surface area contributed by atoms with E-state index in [4.69, 9.17) is 16.7 Å². The summed E-state index contributed by atoms with van der Waals surface area (Å²) in [6, 6.07) is 0. The molecule has 0 heterocycles. The molecule has 0 aliphatic rings. The molecule has 0 unspecified atom stereocenters. The first kappa shape index (κ1) is 13.0. The van der Waals surface area contributed by atoms with Crippen molar-refractivity contribution >= 4 is 23.5 Å². The minimum Gasteiger partial charge on any atom is -0.477 e. The highest BCUT2D eigenvalue weighted by Crippen LogP contribution is 1.98. The third-order valence-electron chi connectivity index (χ3n) is 1.58. The predicted molar refractivity (Wildman–Crippen MR) is 54.1 cm³/mol. The van der Waals surface area contributed by atoms with Crippen LogP contribution in [-0.2, 0) is 9.59 Å². The molecule has 4 nitrogen and oxygen atoms in total. The van der Waals surface area contributed by atoms with Crippen LogP contribution in [0.3, 0.4) is 0 Å². The number of aliphatic carboxylic acids is 1. The Morgan fingerprint density at radius 1 is 1.43 bits per heavy atom. The molecule has 2 N–H and O–H groups in total. The lowest BCUT2D eigenvalue weighted by atomic mass is 10.2. The molecule has 14 heavy (non-hydrogen) atoms. The number of carbonyl (C=O) groups excluding carboxylic acids is 1. The van der Waals surface area contributed by atoms with Crippen LogP contribution in [0.1, 0.15) is 26.2 Å². The van der Waals surface area contributed by atoms with Crippen LogP contribution in [0.4, 0.5) is 0 Å². The van der Waals surface area contributed by atoms with Crippen molar-refractivity contribution in [3.63, 3.8) is 0 Å². The van der Waals surface area contributed by atoms with Crippen molar-refractivity contribution < 1.29 is 14.7 Å². The van der Waals surface area contributed by atoms with Crippen molar-refractivity contribution in [2.45, 2.75) is 26.2 Å². The molecule has 0 aromatic carbocycles. The van der Waals surface area contributed by atoms with Gasteiger partial charge in [0, 0.05) is 12.3 Å². The van der Waals surface area contributed by atoms with Crippen LogP contribution < -0.4 is 5.32 Å². The zero-order valence-corrected chi connectivity index (χ0v) is 8.80. The maximum Gasteiger partial charge on any atom is 0.352 e. The first-order valence-corrected chi connectivity index (χ1v) is 4.90. The zero-order chi connectivity index (χ0) is 11.0. The van der Waals surface area contributed by atoms with Crippen LogP contribution in [-0.4, -0.2) is 22.9 Å². The maximum absolute atomic E-state index is 11.1. The van der Waals surface area contributed by atoms with E-state index in [0.29, 0.717) is 18.7 Å². The van der Waals surface area contributed by atoms with Crippen molar-refractivity contribution in [2.75, 3.05) is 5.88 Å². The summed E-state index contributed by atoms with van der Waals surface area (Å²) in [6.45, 7) is 1.56. The second kappa shape index (κ2) is 7.38. The molecule has 5 heteroatoms. The van der Waals surface area contributed by atoms with Gasteiger partial charge >= 0.3 is 5.97 Å². The molecule has 0 aromatic heterocycles. The number of unbranched alkanes of at least 4 members (excludes halogenated alkanes) is 1. The molecule has 0 aliphatic carbocycles. The van der Waals surface area contributed by atoms with E-state index < -0.39 is 5.97 Å². The van der Waals surface area contributed by atoms with Gasteiger partial charge in [-0.3, -0.25) is 4.79 Å². The van der Waals surface area contributed by atoms with Gasteiger partial charge in [-0.15, -0.1) is 11.6 Å². The van der Waals surface area contributed by atoms with E-state index in [0.717, 1.165) is 6.42 Å². The molecule has 0 bridgehead atoms. The Kier molecular flexibility index (Phi) is 6.84. The second-order valence-corrected chi connectivity index (χ2v) is 3.08. The fraction of sp³-hybridized carbons (Fsp3) is 0.556. The average Bonchev–Trinajstić information content (AvgIpc) is 2.14. The molecule has 1 amide bonds. The van der Waals surface area contributed by atoms with Crippen molar-refractivity contribution in [1.82, 2.24) is 5.32 Å². The van der Waals surface area contributed by atoms with Gasteiger partial charge in [-0.2, -0.15) is 0 Å². The molecular formula is C9H14ClNO3. The van der Waals surface area contributed by atoms with Gasteiger partial charge < -0.3 is 10.4 Å². The molecule has 0 aliphatic heterocycles. The van der Waals surface area contributed by atoms with Crippen molar-refractivity contribution in [3.8, 4) is 0 Å². The van der Waals surface area contributed by atoms with Crippen LogP contribution in [0.5, 0.6) is 0 Å². The topological polar surface area (TPSA) is 66.4 Å². The standard InChI is InChI=1S/C9H14ClNO3/c1-2-7(9(13)14)11-8(12)5-3-4-6-10/h2H,3-6H2,1H3,(H,11,12)(H,13,14)/b7-2-. The SMILES string of the molecule is C/C=C(\NC(=O)CCCCCl)C(=O)O. The van der Waals surface area contributed by atoms with Gasteiger partial charge in [0.1, 0.15) is 5.70 Å². The number of hydrogen-bond donors (Lipinski definition) is 2. The number of carboxylic acids is 1. The third kappa shape index (κ3) is 5.59. The van der Waals surface area contributed by atoms with Gasteiger partial charge in [0.2, 0.25) is 5.91 Å². The van der Waals surface area contributed by atoms with Crippen LogP contribution in [0, 0.1) is 0 Å². The van der Waals surface area contributed by atoms with Gasteiger partial charge in [-0.05, 0) is 19.8 Å². The van der Waals surface area contributed by atoms with Gasteiger partial charge in [-0.1, -0.05) is 6.08 Å². The molecular weight excluding hydrogens is 206 g/mol. The number of alkyl halides is 1. The fourth-order valence-electron chi connectivity index (χ4n) is 0.842. The summed E-state index contributed by atoms with van der Waals surface area (Å²) < 4.78 is 0. The number of carbonyl (C=O) groups is 2. The summed E-state index contributed by atoms with van der Waals surface area (Å²) >= 11 is 5.43. The number of halogens is 1. The molecule has 0 radical (unpaired) electrons. The molecule has 0 saturated carbocycles. The number of hydrogen-bond acceptors (Lipinski definition) is 2. The van der Waals surface area contributed by atoms with E-state index in [-0.39, 0.29) is 11.6 Å². The number of rotatable bonds is 6. The van der Waals surface area contributed by atoms with E-state index >= 15 is 0 Å². The van der Waals surface area contributed by atoms with E-state index in [2.05, 4.69) is 5.32 Å². The van der Waals surface area contributed by atoms with Gasteiger partial charge in [-0.25, -0.2) is 4.79 Å². The Morgan fingerprint density at radius 2 is 2.07 bits per heavy atom. The molecule has 0 atom stereocenters. The number of nitrogens with one attached hydrogen (secondary N) is 1. The normalized spacial score (nSPS) is 11.1. The van der Waals surface area contributed by atoms with Gasteiger partial charge in [0.05, 0.1) is 0 Å². The summed E-state index contributed by atoms with van der Waals surface area (Å²) in [5, 5.41) is 10.9. The van der Waals surface area contributed by atoms with Crippen molar-refractivity contribution in [1.29, 1.82) is 0 Å². The largest absolute Gasteiger partial charge is 0.477 e. The lowest BCUT2D eigenvalue weighted by molar-refractivity contribution is -0.134. The highest BCUT2D eigenvalue weighted by Gasteiger charge is 2.09. The Labute approximate surface area is 87.9 Å². The average molecular weight is 220 g/mol. The summed E-state index contributed by atoms with van der Waals surface area (Å²) in [4.78, 5) is 21.6. The minimum atomic E-state index is -1.13. The lowest BCUT2D eigenvalue weighted by Crippen LogP contribution is -2.26. The molecule has 80 valence electrons. The third-order valence-corrected chi connectivity index (χ3v) is 1.85. The molecule has 0 fully saturated rings. The van der Waals surface area contributed by atoms with Crippen molar-refractivity contribution in [3.05, 3.63) is 11.8 Å². The quantitative estimate of drug-likeness (QED) is 0.404. The number of allylic oxidation sites excluding steroid dienone is 1. The smallest absolute Gasteiger partial charge is 0.352 e. The number of carboxylic acid groups (broad SMARTS) is 1. The summed E-state index contributed by atoms with van der Waals surface area (Å²) in [6.07, 6.45) is 3.08. The highest BCUT2D eigenvalue weighted by atomic mass is 35.5. The minimum absolute atomic E-state index is 0.0825. The van der Waals surface area contributed by atoms with E-state index in [1.807, 2.05) is 0 Å². The zero-order valence-electron chi connectivity index (χ0n) is 8.05. The molecule has 0 aromatic rings. The van der Waals surface area contributed by atoms with Crippen LogP contribution >= 0.6 is 11.6 Å².